The van der Waals surface area contributed by atoms with E-state index in [1.54, 1.807) is 12.1 Å². The molecule has 0 spiro atoms. The number of pyridine rings is 1. The summed E-state index contributed by atoms with van der Waals surface area (Å²) in [5.41, 5.74) is 2.81. The molecule has 1 unspecified atom stereocenters. The summed E-state index contributed by atoms with van der Waals surface area (Å²) in [6.45, 7) is 4.80. The average molecular weight is 495 g/mol. The van der Waals surface area contributed by atoms with Crippen LogP contribution in [0.15, 0.2) is 53.7 Å². The zero-order valence-electron chi connectivity index (χ0n) is 20.2. The number of aryl methyl sites for hydroxylation is 2. The van der Waals surface area contributed by atoms with E-state index in [4.69, 9.17) is 0 Å². The van der Waals surface area contributed by atoms with Crippen molar-refractivity contribution >= 4 is 23.6 Å². The maximum Gasteiger partial charge on any atom is 0.251 e. The molecule has 8 heteroatoms. The summed E-state index contributed by atoms with van der Waals surface area (Å²) in [7, 11) is 0. The number of amides is 2. The zero-order valence-corrected chi connectivity index (χ0v) is 21.0. The van der Waals surface area contributed by atoms with E-state index in [1.807, 2.05) is 11.0 Å². The molecular weight excluding hydrogens is 460 g/mol. The van der Waals surface area contributed by atoms with Gasteiger partial charge in [0, 0.05) is 63.4 Å². The number of hydrogen-bond acceptors (Lipinski definition) is 5. The van der Waals surface area contributed by atoms with Crippen LogP contribution < -0.4 is 4.73 Å². The summed E-state index contributed by atoms with van der Waals surface area (Å²) in [5.74, 6) is 0.828. The van der Waals surface area contributed by atoms with Crippen molar-refractivity contribution in [2.75, 3.05) is 45.0 Å². The highest BCUT2D eigenvalue weighted by Gasteiger charge is 2.34. The van der Waals surface area contributed by atoms with Crippen LogP contribution in [0.25, 0.3) is 0 Å². The Kier molecular flexibility index (Phi) is 7.58. The molecule has 1 aromatic carbocycles. The van der Waals surface area contributed by atoms with Crippen molar-refractivity contribution in [3.63, 3.8) is 0 Å². The third-order valence-electron chi connectivity index (χ3n) is 7.78. The Labute approximate surface area is 211 Å². The Morgan fingerprint density at radius 3 is 2.26 bits per heavy atom. The van der Waals surface area contributed by atoms with Crippen LogP contribution in [0, 0.1) is 11.1 Å². The van der Waals surface area contributed by atoms with Gasteiger partial charge in [-0.3, -0.25) is 14.5 Å². The molecule has 0 N–H and O–H groups in total. The zero-order chi connectivity index (χ0) is 24.2. The number of likely N-dealkylation sites (tertiary alicyclic amines) is 1. The molecule has 1 aromatic heterocycles. The summed E-state index contributed by atoms with van der Waals surface area (Å²) < 4.78 is 0.805. The molecule has 0 radical (unpaired) electrons. The van der Waals surface area contributed by atoms with Crippen molar-refractivity contribution in [3.8, 4) is 0 Å². The lowest BCUT2D eigenvalue weighted by Crippen LogP contribution is -2.53. The van der Waals surface area contributed by atoms with Crippen LogP contribution in [-0.2, 0) is 22.4 Å². The molecule has 5 rings (SSSR count). The minimum absolute atomic E-state index is 0.0875. The van der Waals surface area contributed by atoms with Crippen LogP contribution >= 0.6 is 11.8 Å². The monoisotopic (exact) mass is 494 g/mol. The van der Waals surface area contributed by atoms with Gasteiger partial charge in [0.05, 0.1) is 5.75 Å². The van der Waals surface area contributed by atoms with Crippen LogP contribution in [0.2, 0.25) is 0 Å². The minimum Gasteiger partial charge on any atom is -0.618 e. The Hall–Kier alpha value is -2.58. The standard InChI is InChI=1S/C27H34N4O3S/c32-25(20-35-26-7-3-4-13-31(26)34)30-14-12-24(19-30)28-15-17-29(18-16-28)27(33)23-10-8-21-5-1-2-6-22(21)9-11-23/h1-7,13,23-24H,8-12,14-20H2. The fourth-order valence-electron chi connectivity index (χ4n) is 5.68. The fourth-order valence-corrected chi connectivity index (χ4v) is 6.50. The van der Waals surface area contributed by atoms with Crippen LogP contribution in [0.4, 0.5) is 0 Å². The number of rotatable bonds is 5. The van der Waals surface area contributed by atoms with Gasteiger partial charge in [-0.15, -0.1) is 0 Å². The smallest absolute Gasteiger partial charge is 0.251 e. The van der Waals surface area contributed by atoms with Gasteiger partial charge in [-0.05, 0) is 61.1 Å². The van der Waals surface area contributed by atoms with E-state index in [-0.39, 0.29) is 17.6 Å². The highest BCUT2D eigenvalue weighted by atomic mass is 32.2. The quantitative estimate of drug-likeness (QED) is 0.276. The Bertz CT molecular complexity index is 1030. The van der Waals surface area contributed by atoms with Gasteiger partial charge in [-0.1, -0.05) is 24.3 Å². The second kappa shape index (κ2) is 11.0. The summed E-state index contributed by atoms with van der Waals surface area (Å²) >= 11 is 1.29. The van der Waals surface area contributed by atoms with E-state index >= 15 is 0 Å². The molecule has 7 nitrogen and oxygen atoms in total. The number of benzene rings is 1. The van der Waals surface area contributed by atoms with Crippen molar-refractivity contribution in [2.24, 2.45) is 5.92 Å². The molecular formula is C27H34N4O3S. The first-order chi connectivity index (χ1) is 17.1. The first-order valence-electron chi connectivity index (χ1n) is 12.8. The van der Waals surface area contributed by atoms with E-state index in [2.05, 4.69) is 34.1 Å². The lowest BCUT2D eigenvalue weighted by atomic mass is 9.97. The molecule has 0 saturated carbocycles. The van der Waals surface area contributed by atoms with Gasteiger partial charge in [-0.25, -0.2) is 0 Å². The summed E-state index contributed by atoms with van der Waals surface area (Å²) in [6.07, 6.45) is 6.31. The van der Waals surface area contributed by atoms with Gasteiger partial charge in [0.15, 0.2) is 6.20 Å². The van der Waals surface area contributed by atoms with Crippen molar-refractivity contribution < 1.29 is 14.3 Å². The fraction of sp³-hybridized carbons (Fsp3) is 0.519. The molecule has 186 valence electrons. The predicted octanol–water partition coefficient (Wildman–Crippen LogP) is 2.35. The number of nitrogens with zero attached hydrogens (tertiary/aromatic N) is 4. The minimum atomic E-state index is 0.0875. The second-order valence-corrected chi connectivity index (χ2v) is 10.8. The molecule has 2 aromatic rings. The number of aromatic nitrogens is 1. The van der Waals surface area contributed by atoms with E-state index in [0.717, 1.165) is 76.1 Å². The molecule has 1 atom stereocenters. The average Bonchev–Trinajstić information content (AvgIpc) is 3.29. The summed E-state index contributed by atoms with van der Waals surface area (Å²) in [4.78, 5) is 32.4. The molecule has 0 bridgehead atoms. The van der Waals surface area contributed by atoms with Gasteiger partial charge in [0.2, 0.25) is 11.8 Å². The summed E-state index contributed by atoms with van der Waals surface area (Å²) in [5, 5.41) is 12.3. The van der Waals surface area contributed by atoms with Crippen LogP contribution in [-0.4, -0.2) is 77.6 Å². The highest BCUT2D eigenvalue weighted by Crippen LogP contribution is 2.27. The predicted molar refractivity (Wildman–Crippen MR) is 136 cm³/mol. The molecule has 2 aliphatic heterocycles. The molecule has 3 aliphatic rings. The normalized spacial score (nSPS) is 21.5. The van der Waals surface area contributed by atoms with Gasteiger partial charge in [0.1, 0.15) is 0 Å². The van der Waals surface area contributed by atoms with Crippen LogP contribution in [0.5, 0.6) is 0 Å². The van der Waals surface area contributed by atoms with Crippen molar-refractivity contribution in [3.05, 3.63) is 65.0 Å². The number of hydrogen-bond donors (Lipinski definition) is 0. The maximum absolute atomic E-state index is 13.3. The lowest BCUT2D eigenvalue weighted by molar-refractivity contribution is -0.645. The third kappa shape index (κ3) is 5.64. The highest BCUT2D eigenvalue weighted by molar-refractivity contribution is 7.99. The number of carbonyl (C=O) groups excluding carboxylic acids is 2. The van der Waals surface area contributed by atoms with Crippen molar-refractivity contribution in [1.29, 1.82) is 0 Å². The number of thioether (sulfide) groups is 1. The molecule has 2 amide bonds. The van der Waals surface area contributed by atoms with Crippen LogP contribution in [0.3, 0.4) is 0 Å². The molecule has 3 heterocycles. The SMILES string of the molecule is O=C(CSc1cccc[n+]1[O-])N1CCC(N2CCN(C(=O)C3CCc4ccccc4CC3)CC2)C1. The van der Waals surface area contributed by atoms with E-state index in [1.165, 1.54) is 29.1 Å². The Morgan fingerprint density at radius 2 is 1.57 bits per heavy atom. The molecule has 1 aliphatic carbocycles. The Balaban J connectivity index is 1.07. The first kappa shape index (κ1) is 24.1. The van der Waals surface area contributed by atoms with Crippen molar-refractivity contribution in [2.45, 2.75) is 43.2 Å². The van der Waals surface area contributed by atoms with E-state index in [0.29, 0.717) is 17.0 Å². The van der Waals surface area contributed by atoms with Crippen LogP contribution in [0.1, 0.15) is 30.4 Å². The first-order valence-corrected chi connectivity index (χ1v) is 13.8. The second-order valence-electron chi connectivity index (χ2n) is 9.84. The Morgan fingerprint density at radius 1 is 0.886 bits per heavy atom. The summed E-state index contributed by atoms with van der Waals surface area (Å²) in [6, 6.07) is 14.2. The van der Waals surface area contributed by atoms with Gasteiger partial charge >= 0.3 is 0 Å². The van der Waals surface area contributed by atoms with Gasteiger partial charge in [0.25, 0.3) is 5.03 Å². The van der Waals surface area contributed by atoms with Gasteiger partial charge < -0.3 is 15.0 Å². The lowest BCUT2D eigenvalue weighted by Gasteiger charge is -2.39. The van der Waals surface area contributed by atoms with Crippen molar-refractivity contribution in [1.82, 2.24) is 14.7 Å². The van der Waals surface area contributed by atoms with E-state index < -0.39 is 0 Å². The molecule has 2 fully saturated rings. The number of fused-ring (bicyclic) bond motifs is 1. The number of piperazine rings is 1. The molecule has 35 heavy (non-hydrogen) atoms. The topological polar surface area (TPSA) is 70.8 Å². The largest absolute Gasteiger partial charge is 0.618 e. The number of carbonyl (C=O) groups is 2. The third-order valence-corrected chi connectivity index (χ3v) is 8.79. The maximum atomic E-state index is 13.3. The van der Waals surface area contributed by atoms with Gasteiger partial charge in [-0.2, -0.15) is 4.73 Å². The molecule has 2 saturated heterocycles. The van der Waals surface area contributed by atoms with E-state index in [9.17, 15) is 14.8 Å².